The number of hydrogen-bond acceptors (Lipinski definition) is 3. The van der Waals surface area contributed by atoms with E-state index < -0.39 is 0 Å². The Morgan fingerprint density at radius 2 is 1.59 bits per heavy atom. The average Bonchev–Trinajstić information content (AvgIpc) is 2.69. The third kappa shape index (κ3) is 5.04. The van der Waals surface area contributed by atoms with E-state index in [1.165, 1.54) is 11.1 Å². The average molecular weight is 361 g/mol. The van der Waals surface area contributed by atoms with Crippen LogP contribution in [-0.4, -0.2) is 6.61 Å². The molecule has 3 aromatic rings. The summed E-state index contributed by atoms with van der Waals surface area (Å²) in [6, 6.07) is 22.6. The number of rotatable bonds is 8. The first-order valence-electron chi connectivity index (χ1n) is 9.40. The summed E-state index contributed by atoms with van der Waals surface area (Å²) in [5.74, 6) is 1.56. The molecule has 0 heterocycles. The highest BCUT2D eigenvalue weighted by molar-refractivity contribution is 5.54. The lowest BCUT2D eigenvalue weighted by Crippen LogP contribution is -2.04. The number of anilines is 1. The summed E-state index contributed by atoms with van der Waals surface area (Å²) in [4.78, 5) is 0. The number of benzene rings is 3. The van der Waals surface area contributed by atoms with E-state index in [4.69, 9.17) is 9.47 Å². The van der Waals surface area contributed by atoms with E-state index in [-0.39, 0.29) is 0 Å². The largest absolute Gasteiger partial charge is 0.490 e. The van der Waals surface area contributed by atoms with Crippen LogP contribution < -0.4 is 14.8 Å². The third-order valence-corrected chi connectivity index (χ3v) is 4.63. The molecule has 0 bridgehead atoms. The van der Waals surface area contributed by atoms with Gasteiger partial charge in [0.25, 0.3) is 0 Å². The standard InChI is InChI=1S/C24H27NO2/c1-4-26-24-15-21(16-25-22-12-8-9-18(2)19(22)3)13-14-23(24)27-17-20-10-6-5-7-11-20/h5-15,25H,4,16-17H2,1-3H3. The summed E-state index contributed by atoms with van der Waals surface area (Å²) in [5, 5.41) is 3.52. The molecule has 0 aliphatic carbocycles. The lowest BCUT2D eigenvalue weighted by atomic mass is 10.1. The van der Waals surface area contributed by atoms with Crippen molar-refractivity contribution in [1.82, 2.24) is 0 Å². The van der Waals surface area contributed by atoms with Crippen molar-refractivity contribution in [3.63, 3.8) is 0 Å². The fourth-order valence-electron chi connectivity index (χ4n) is 2.93. The van der Waals surface area contributed by atoms with Crippen LogP contribution in [-0.2, 0) is 13.2 Å². The molecule has 3 rings (SSSR count). The van der Waals surface area contributed by atoms with Crippen LogP contribution in [0.5, 0.6) is 11.5 Å². The van der Waals surface area contributed by atoms with Crippen LogP contribution in [0.2, 0.25) is 0 Å². The smallest absolute Gasteiger partial charge is 0.161 e. The molecule has 0 amide bonds. The molecular formula is C24H27NO2. The minimum Gasteiger partial charge on any atom is -0.490 e. The molecule has 1 N–H and O–H groups in total. The molecule has 0 unspecified atom stereocenters. The monoisotopic (exact) mass is 361 g/mol. The molecule has 0 aliphatic rings. The van der Waals surface area contributed by atoms with Gasteiger partial charge >= 0.3 is 0 Å². The van der Waals surface area contributed by atoms with Gasteiger partial charge in [-0.1, -0.05) is 48.5 Å². The molecule has 0 aliphatic heterocycles. The van der Waals surface area contributed by atoms with Gasteiger partial charge in [-0.05, 0) is 61.2 Å². The van der Waals surface area contributed by atoms with Gasteiger partial charge in [0.2, 0.25) is 0 Å². The zero-order valence-electron chi connectivity index (χ0n) is 16.3. The van der Waals surface area contributed by atoms with Crippen molar-refractivity contribution in [3.05, 3.63) is 89.0 Å². The summed E-state index contributed by atoms with van der Waals surface area (Å²) in [5.41, 5.74) is 6.04. The molecule has 0 radical (unpaired) electrons. The van der Waals surface area contributed by atoms with Crippen LogP contribution in [0.1, 0.15) is 29.2 Å². The van der Waals surface area contributed by atoms with Crippen molar-refractivity contribution in [2.75, 3.05) is 11.9 Å². The lowest BCUT2D eigenvalue weighted by molar-refractivity contribution is 0.269. The van der Waals surface area contributed by atoms with E-state index in [9.17, 15) is 0 Å². The Labute approximate surface area is 162 Å². The second-order valence-corrected chi connectivity index (χ2v) is 6.59. The van der Waals surface area contributed by atoms with Gasteiger partial charge in [0.1, 0.15) is 6.61 Å². The molecule has 140 valence electrons. The van der Waals surface area contributed by atoms with Gasteiger partial charge < -0.3 is 14.8 Å². The fourth-order valence-corrected chi connectivity index (χ4v) is 2.93. The Morgan fingerprint density at radius 1 is 0.778 bits per heavy atom. The molecular weight excluding hydrogens is 334 g/mol. The molecule has 0 spiro atoms. The first kappa shape index (κ1) is 18.8. The van der Waals surface area contributed by atoms with Crippen molar-refractivity contribution < 1.29 is 9.47 Å². The maximum Gasteiger partial charge on any atom is 0.161 e. The van der Waals surface area contributed by atoms with Gasteiger partial charge in [0.15, 0.2) is 11.5 Å². The minimum absolute atomic E-state index is 0.529. The fraction of sp³-hybridized carbons (Fsp3) is 0.250. The van der Waals surface area contributed by atoms with Crippen molar-refractivity contribution in [2.45, 2.75) is 33.9 Å². The summed E-state index contributed by atoms with van der Waals surface area (Å²) < 4.78 is 11.8. The second-order valence-electron chi connectivity index (χ2n) is 6.59. The predicted molar refractivity (Wildman–Crippen MR) is 112 cm³/mol. The van der Waals surface area contributed by atoms with E-state index in [0.29, 0.717) is 13.2 Å². The van der Waals surface area contributed by atoms with E-state index in [0.717, 1.165) is 34.9 Å². The number of nitrogens with one attached hydrogen (secondary N) is 1. The Hall–Kier alpha value is -2.94. The molecule has 0 saturated heterocycles. The van der Waals surface area contributed by atoms with E-state index in [1.807, 2.05) is 31.2 Å². The molecule has 0 saturated carbocycles. The number of hydrogen-bond donors (Lipinski definition) is 1. The Bertz CT molecular complexity index is 875. The van der Waals surface area contributed by atoms with Gasteiger partial charge in [0, 0.05) is 12.2 Å². The Balaban J connectivity index is 1.70. The van der Waals surface area contributed by atoms with E-state index in [1.54, 1.807) is 0 Å². The number of ether oxygens (including phenoxy) is 2. The number of aryl methyl sites for hydroxylation is 1. The van der Waals surface area contributed by atoms with Crippen LogP contribution in [0.15, 0.2) is 66.7 Å². The molecule has 3 nitrogen and oxygen atoms in total. The van der Waals surface area contributed by atoms with Crippen LogP contribution in [0.3, 0.4) is 0 Å². The molecule has 27 heavy (non-hydrogen) atoms. The van der Waals surface area contributed by atoms with Crippen LogP contribution in [0.4, 0.5) is 5.69 Å². The second kappa shape index (κ2) is 9.13. The summed E-state index contributed by atoms with van der Waals surface area (Å²) >= 11 is 0. The molecule has 0 aromatic heterocycles. The maximum atomic E-state index is 5.98. The highest BCUT2D eigenvalue weighted by atomic mass is 16.5. The summed E-state index contributed by atoms with van der Waals surface area (Å²) in [7, 11) is 0. The topological polar surface area (TPSA) is 30.5 Å². The quantitative estimate of drug-likeness (QED) is 0.542. The van der Waals surface area contributed by atoms with Gasteiger partial charge in [-0.2, -0.15) is 0 Å². The van der Waals surface area contributed by atoms with Gasteiger partial charge in [-0.25, -0.2) is 0 Å². The normalized spacial score (nSPS) is 10.5. The van der Waals surface area contributed by atoms with Crippen molar-refractivity contribution >= 4 is 5.69 Å². The van der Waals surface area contributed by atoms with Crippen LogP contribution in [0.25, 0.3) is 0 Å². The predicted octanol–water partition coefficient (Wildman–Crippen LogP) is 5.89. The zero-order chi connectivity index (χ0) is 19.1. The van der Waals surface area contributed by atoms with Crippen molar-refractivity contribution in [3.8, 4) is 11.5 Å². The SMILES string of the molecule is CCOc1cc(CNc2cccc(C)c2C)ccc1OCc1ccccc1. The lowest BCUT2D eigenvalue weighted by Gasteiger charge is -2.15. The molecule has 0 fully saturated rings. The highest BCUT2D eigenvalue weighted by Crippen LogP contribution is 2.30. The summed E-state index contributed by atoms with van der Waals surface area (Å²) in [6.45, 7) is 8.14. The summed E-state index contributed by atoms with van der Waals surface area (Å²) in [6.07, 6.45) is 0. The minimum atomic E-state index is 0.529. The maximum absolute atomic E-state index is 5.98. The molecule has 0 atom stereocenters. The highest BCUT2D eigenvalue weighted by Gasteiger charge is 2.08. The van der Waals surface area contributed by atoms with E-state index >= 15 is 0 Å². The molecule has 3 heteroatoms. The van der Waals surface area contributed by atoms with Gasteiger partial charge in [-0.3, -0.25) is 0 Å². The van der Waals surface area contributed by atoms with Crippen LogP contribution in [0, 0.1) is 13.8 Å². The van der Waals surface area contributed by atoms with Gasteiger partial charge in [-0.15, -0.1) is 0 Å². The van der Waals surface area contributed by atoms with Crippen LogP contribution >= 0.6 is 0 Å². The first-order chi connectivity index (χ1) is 13.2. The Morgan fingerprint density at radius 3 is 2.37 bits per heavy atom. The Kier molecular flexibility index (Phi) is 6.37. The third-order valence-electron chi connectivity index (χ3n) is 4.63. The van der Waals surface area contributed by atoms with Crippen molar-refractivity contribution in [1.29, 1.82) is 0 Å². The van der Waals surface area contributed by atoms with E-state index in [2.05, 4.69) is 61.6 Å². The molecule has 3 aromatic carbocycles. The first-order valence-corrected chi connectivity index (χ1v) is 9.40. The van der Waals surface area contributed by atoms with Crippen molar-refractivity contribution in [2.24, 2.45) is 0 Å². The van der Waals surface area contributed by atoms with Gasteiger partial charge in [0.05, 0.1) is 6.61 Å². The zero-order valence-corrected chi connectivity index (χ0v) is 16.3.